The summed E-state index contributed by atoms with van der Waals surface area (Å²) in [7, 11) is 0. The molecule has 2 aromatic rings. The van der Waals surface area contributed by atoms with Crippen LogP contribution >= 0.6 is 0 Å². The van der Waals surface area contributed by atoms with Crippen molar-refractivity contribution in [2.24, 2.45) is 0 Å². The lowest BCUT2D eigenvalue weighted by atomic mass is 9.89. The van der Waals surface area contributed by atoms with E-state index in [1.807, 2.05) is 48.5 Å². The molecule has 0 aliphatic rings. The van der Waals surface area contributed by atoms with Crippen molar-refractivity contribution in [2.75, 3.05) is 0 Å². The van der Waals surface area contributed by atoms with Crippen LogP contribution in [0.5, 0.6) is 0 Å². The molecule has 0 bridgehead atoms. The molecule has 0 aromatic heterocycles. The molecule has 2 aromatic carbocycles. The van der Waals surface area contributed by atoms with Crippen molar-refractivity contribution in [1.82, 2.24) is 0 Å². The van der Waals surface area contributed by atoms with Crippen LogP contribution in [0.15, 0.2) is 60.7 Å². The van der Waals surface area contributed by atoms with Gasteiger partial charge in [-0.05, 0) is 30.4 Å². The molecule has 1 unspecified atom stereocenters. The van der Waals surface area contributed by atoms with Crippen molar-refractivity contribution >= 4 is 0 Å². The highest BCUT2D eigenvalue weighted by molar-refractivity contribution is 5.30. The first-order valence-corrected chi connectivity index (χ1v) is 6.54. The van der Waals surface area contributed by atoms with Crippen LogP contribution in [0.4, 0.5) is 0 Å². The number of rotatable bonds is 5. The monoisotopic (exact) mass is 250 g/mol. The van der Waals surface area contributed by atoms with Gasteiger partial charge in [-0.15, -0.1) is 6.42 Å². The molecule has 96 valence electrons. The molecule has 0 fully saturated rings. The maximum absolute atomic E-state index is 10.5. The number of aliphatic hydroxyl groups is 1. The molecule has 0 spiro atoms. The third-order valence-electron chi connectivity index (χ3n) is 3.34. The average Bonchev–Trinajstić information content (AvgIpc) is 2.49. The second-order valence-corrected chi connectivity index (χ2v) is 4.71. The minimum absolute atomic E-state index is 0.572. The molecule has 0 radical (unpaired) electrons. The van der Waals surface area contributed by atoms with E-state index >= 15 is 0 Å². The third kappa shape index (κ3) is 3.47. The molecule has 0 aliphatic heterocycles. The number of aryl methyl sites for hydroxylation is 1. The second kappa shape index (κ2) is 6.22. The first-order valence-electron chi connectivity index (χ1n) is 6.54. The minimum atomic E-state index is -1.16. The maximum Gasteiger partial charge on any atom is 0.150 e. The Balaban J connectivity index is 1.99. The molecule has 1 nitrogen and oxygen atoms in total. The van der Waals surface area contributed by atoms with Crippen molar-refractivity contribution in [2.45, 2.75) is 24.9 Å². The molecule has 0 aliphatic carbocycles. The van der Waals surface area contributed by atoms with Crippen molar-refractivity contribution in [3.63, 3.8) is 0 Å². The Hall–Kier alpha value is -2.04. The zero-order valence-electron chi connectivity index (χ0n) is 10.9. The van der Waals surface area contributed by atoms with Crippen LogP contribution in [0, 0.1) is 12.3 Å². The SMILES string of the molecule is C#CC(O)(CCCc1ccccc1)c1ccccc1. The van der Waals surface area contributed by atoms with E-state index in [2.05, 4.69) is 18.1 Å². The summed E-state index contributed by atoms with van der Waals surface area (Å²) in [6, 6.07) is 19.7. The average molecular weight is 250 g/mol. The van der Waals surface area contributed by atoms with Crippen LogP contribution in [0.3, 0.4) is 0 Å². The van der Waals surface area contributed by atoms with E-state index in [0.29, 0.717) is 6.42 Å². The molecule has 0 amide bonds. The lowest BCUT2D eigenvalue weighted by molar-refractivity contribution is 0.0881. The van der Waals surface area contributed by atoms with Gasteiger partial charge >= 0.3 is 0 Å². The zero-order chi connectivity index (χ0) is 13.6. The lowest BCUT2D eigenvalue weighted by Gasteiger charge is -2.22. The van der Waals surface area contributed by atoms with Gasteiger partial charge < -0.3 is 5.11 Å². The Morgan fingerprint density at radius 3 is 2.11 bits per heavy atom. The fraction of sp³-hybridized carbons (Fsp3) is 0.222. The highest BCUT2D eigenvalue weighted by Crippen LogP contribution is 2.26. The first kappa shape index (κ1) is 13.4. The normalized spacial score (nSPS) is 13.5. The summed E-state index contributed by atoms with van der Waals surface area (Å²) < 4.78 is 0. The molecule has 0 saturated heterocycles. The van der Waals surface area contributed by atoms with Gasteiger partial charge in [0, 0.05) is 0 Å². The van der Waals surface area contributed by atoms with E-state index in [1.54, 1.807) is 0 Å². The van der Waals surface area contributed by atoms with Crippen molar-refractivity contribution in [3.05, 3.63) is 71.8 Å². The molecule has 19 heavy (non-hydrogen) atoms. The Morgan fingerprint density at radius 2 is 1.53 bits per heavy atom. The highest BCUT2D eigenvalue weighted by atomic mass is 16.3. The number of hydrogen-bond acceptors (Lipinski definition) is 1. The Morgan fingerprint density at radius 1 is 0.947 bits per heavy atom. The zero-order valence-corrected chi connectivity index (χ0v) is 10.9. The van der Waals surface area contributed by atoms with Crippen molar-refractivity contribution in [3.8, 4) is 12.3 Å². The highest BCUT2D eigenvalue weighted by Gasteiger charge is 2.25. The number of hydrogen-bond donors (Lipinski definition) is 1. The largest absolute Gasteiger partial charge is 0.373 e. The van der Waals surface area contributed by atoms with Gasteiger partial charge in [-0.2, -0.15) is 0 Å². The van der Waals surface area contributed by atoms with Crippen LogP contribution in [0.25, 0.3) is 0 Å². The van der Waals surface area contributed by atoms with Gasteiger partial charge in [0.15, 0.2) is 5.60 Å². The maximum atomic E-state index is 10.5. The summed E-state index contributed by atoms with van der Waals surface area (Å²) in [5, 5.41) is 10.5. The van der Waals surface area contributed by atoms with Crippen LogP contribution in [-0.2, 0) is 12.0 Å². The molecule has 1 heteroatoms. The van der Waals surface area contributed by atoms with Crippen LogP contribution in [0.2, 0.25) is 0 Å². The van der Waals surface area contributed by atoms with Gasteiger partial charge in [0.1, 0.15) is 0 Å². The number of terminal acetylenes is 1. The third-order valence-corrected chi connectivity index (χ3v) is 3.34. The Bertz CT molecular complexity index is 539. The van der Waals surface area contributed by atoms with Gasteiger partial charge in [0.2, 0.25) is 0 Å². The quantitative estimate of drug-likeness (QED) is 0.805. The standard InChI is InChI=1S/C18H18O/c1-2-18(19,17-13-7-4-8-14-17)15-9-12-16-10-5-3-6-11-16/h1,3-8,10-11,13-14,19H,9,12,15H2. The fourth-order valence-corrected chi connectivity index (χ4v) is 2.21. The molecular formula is C18H18O. The predicted molar refractivity (Wildman–Crippen MR) is 78.6 cm³/mol. The molecule has 2 rings (SSSR count). The van der Waals surface area contributed by atoms with Crippen LogP contribution < -0.4 is 0 Å². The van der Waals surface area contributed by atoms with Gasteiger partial charge in [-0.1, -0.05) is 66.6 Å². The summed E-state index contributed by atoms with van der Waals surface area (Å²) in [4.78, 5) is 0. The summed E-state index contributed by atoms with van der Waals surface area (Å²) in [6.07, 6.45) is 7.88. The van der Waals surface area contributed by atoms with E-state index in [1.165, 1.54) is 5.56 Å². The van der Waals surface area contributed by atoms with Crippen LogP contribution in [-0.4, -0.2) is 5.11 Å². The molecule has 0 heterocycles. The predicted octanol–water partition coefficient (Wildman–Crippen LogP) is 3.53. The molecule has 0 saturated carbocycles. The Labute approximate surface area is 114 Å². The van der Waals surface area contributed by atoms with Gasteiger partial charge in [-0.25, -0.2) is 0 Å². The van der Waals surface area contributed by atoms with E-state index in [9.17, 15) is 5.11 Å². The second-order valence-electron chi connectivity index (χ2n) is 4.71. The van der Waals surface area contributed by atoms with Gasteiger partial charge in [-0.3, -0.25) is 0 Å². The fourth-order valence-electron chi connectivity index (χ4n) is 2.21. The summed E-state index contributed by atoms with van der Waals surface area (Å²) in [5.74, 6) is 2.54. The van der Waals surface area contributed by atoms with E-state index in [-0.39, 0.29) is 0 Å². The van der Waals surface area contributed by atoms with Crippen LogP contribution in [0.1, 0.15) is 24.0 Å². The number of benzene rings is 2. The Kier molecular flexibility index (Phi) is 4.39. The molecule has 1 N–H and O–H groups in total. The van der Waals surface area contributed by atoms with Gasteiger partial charge in [0.05, 0.1) is 0 Å². The molecular weight excluding hydrogens is 232 g/mol. The summed E-state index contributed by atoms with van der Waals surface area (Å²) in [6.45, 7) is 0. The topological polar surface area (TPSA) is 20.2 Å². The molecule has 1 atom stereocenters. The minimum Gasteiger partial charge on any atom is -0.373 e. The van der Waals surface area contributed by atoms with Crippen molar-refractivity contribution in [1.29, 1.82) is 0 Å². The lowest BCUT2D eigenvalue weighted by Crippen LogP contribution is -2.23. The van der Waals surface area contributed by atoms with E-state index in [0.717, 1.165) is 18.4 Å². The summed E-state index contributed by atoms with van der Waals surface area (Å²) in [5.41, 5.74) is 0.913. The van der Waals surface area contributed by atoms with Crippen molar-refractivity contribution < 1.29 is 5.11 Å². The smallest absolute Gasteiger partial charge is 0.150 e. The first-order chi connectivity index (χ1) is 9.24. The van der Waals surface area contributed by atoms with Gasteiger partial charge in [0.25, 0.3) is 0 Å². The van der Waals surface area contributed by atoms with E-state index in [4.69, 9.17) is 6.42 Å². The summed E-state index contributed by atoms with van der Waals surface area (Å²) >= 11 is 0. The van der Waals surface area contributed by atoms with E-state index < -0.39 is 5.60 Å².